The number of likely N-dealkylation sites (tertiary alicyclic amines) is 1. The van der Waals surface area contributed by atoms with Crippen LogP contribution in [0.5, 0.6) is 0 Å². The third-order valence-electron chi connectivity index (χ3n) is 4.54. The molecule has 1 saturated heterocycles. The summed E-state index contributed by atoms with van der Waals surface area (Å²) in [4.78, 5) is 79.4. The lowest BCUT2D eigenvalue weighted by molar-refractivity contribution is -0.155. The smallest absolute Gasteiger partial charge is 0.327 e. The molecule has 1 aromatic heterocycles. The van der Waals surface area contributed by atoms with Crippen LogP contribution in [0, 0.1) is 5.92 Å². The molecule has 1 fully saturated rings. The van der Waals surface area contributed by atoms with Gasteiger partial charge in [-0.1, -0.05) is 0 Å². The zero-order valence-corrected chi connectivity index (χ0v) is 15.9. The van der Waals surface area contributed by atoms with Crippen molar-refractivity contribution in [3.05, 3.63) is 18.2 Å². The molecule has 4 atom stereocenters. The lowest BCUT2D eigenvalue weighted by atomic mass is 9.94. The SMILES string of the molecule is C[C@H](N)C(=O)N[C@@H](CC(=O)O)C(=O)[C@H]1CC(=O)N([C@@H](Cc2cnc[nH]2)C(=O)O)C1=O. The number of amides is 3. The number of imidazole rings is 1. The van der Waals surface area contributed by atoms with Gasteiger partial charge < -0.3 is 26.2 Å². The molecule has 30 heavy (non-hydrogen) atoms. The number of hydrogen-bond donors (Lipinski definition) is 5. The van der Waals surface area contributed by atoms with E-state index in [-0.39, 0.29) is 6.42 Å². The number of H-pyrrole nitrogens is 1. The number of carbonyl (C=O) groups is 6. The van der Waals surface area contributed by atoms with Crippen LogP contribution in [0.15, 0.2) is 12.5 Å². The Hall–Kier alpha value is -3.61. The van der Waals surface area contributed by atoms with Gasteiger partial charge in [-0.15, -0.1) is 0 Å². The third-order valence-corrected chi connectivity index (χ3v) is 4.54. The molecule has 3 amide bonds. The minimum absolute atomic E-state index is 0.256. The maximum Gasteiger partial charge on any atom is 0.327 e. The Balaban J connectivity index is 2.25. The summed E-state index contributed by atoms with van der Waals surface area (Å²) >= 11 is 0. The molecule has 1 aliphatic heterocycles. The molecule has 0 saturated carbocycles. The predicted molar refractivity (Wildman–Crippen MR) is 96.5 cm³/mol. The molecule has 0 radical (unpaired) electrons. The molecule has 2 heterocycles. The highest BCUT2D eigenvalue weighted by molar-refractivity contribution is 6.17. The highest BCUT2D eigenvalue weighted by Gasteiger charge is 2.49. The molecule has 6 N–H and O–H groups in total. The van der Waals surface area contributed by atoms with Crippen LogP contribution in [0.3, 0.4) is 0 Å². The van der Waals surface area contributed by atoms with Crippen molar-refractivity contribution in [3.63, 3.8) is 0 Å². The van der Waals surface area contributed by atoms with E-state index in [1.807, 2.05) is 0 Å². The number of carbonyl (C=O) groups excluding carboxylic acids is 4. The molecule has 0 unspecified atom stereocenters. The van der Waals surface area contributed by atoms with E-state index in [0.29, 0.717) is 10.6 Å². The van der Waals surface area contributed by atoms with E-state index in [2.05, 4.69) is 15.3 Å². The fourth-order valence-corrected chi connectivity index (χ4v) is 3.04. The first-order chi connectivity index (χ1) is 14.0. The van der Waals surface area contributed by atoms with Gasteiger partial charge in [0, 0.05) is 24.7 Å². The van der Waals surface area contributed by atoms with Crippen molar-refractivity contribution >= 4 is 35.4 Å². The number of ketones is 1. The number of carboxylic acid groups (broad SMARTS) is 2. The van der Waals surface area contributed by atoms with E-state index in [9.17, 15) is 33.9 Å². The summed E-state index contributed by atoms with van der Waals surface area (Å²) in [7, 11) is 0. The van der Waals surface area contributed by atoms with Gasteiger partial charge in [-0.3, -0.25) is 28.9 Å². The standard InChI is InChI=1S/C17H21N5O8/c1-7(18)15(27)21-10(4-13(24)25)14(26)9-3-12(23)22(16(9)28)11(17(29)30)2-8-5-19-6-20-8/h5-7,9-11H,2-4,18H2,1H3,(H,19,20)(H,21,27)(H,24,25)(H,29,30)/t7-,9+,10-,11-/m0/s1. The number of nitrogens with two attached hydrogens (primary N) is 1. The zero-order chi connectivity index (χ0) is 22.6. The van der Waals surface area contributed by atoms with Crippen molar-refractivity contribution in [2.75, 3.05) is 0 Å². The van der Waals surface area contributed by atoms with Gasteiger partial charge in [0.2, 0.25) is 17.7 Å². The summed E-state index contributed by atoms with van der Waals surface area (Å²) in [6.07, 6.45) is 0.913. The number of nitrogens with one attached hydrogen (secondary N) is 2. The van der Waals surface area contributed by atoms with E-state index in [0.717, 1.165) is 0 Å². The van der Waals surface area contributed by atoms with E-state index < -0.39 is 72.3 Å². The number of aromatic amines is 1. The summed E-state index contributed by atoms with van der Waals surface area (Å²) in [5, 5.41) is 20.7. The number of rotatable bonds is 10. The number of aromatic nitrogens is 2. The van der Waals surface area contributed by atoms with Crippen molar-refractivity contribution < 1.29 is 39.0 Å². The molecule has 162 valence electrons. The first kappa shape index (κ1) is 22.7. The highest BCUT2D eigenvalue weighted by atomic mass is 16.4. The van der Waals surface area contributed by atoms with Crippen molar-refractivity contribution in [3.8, 4) is 0 Å². The van der Waals surface area contributed by atoms with Crippen LogP contribution in [0.1, 0.15) is 25.5 Å². The molecule has 1 aromatic rings. The highest BCUT2D eigenvalue weighted by Crippen LogP contribution is 2.26. The van der Waals surface area contributed by atoms with E-state index >= 15 is 0 Å². The Morgan fingerprint density at radius 3 is 2.50 bits per heavy atom. The van der Waals surface area contributed by atoms with Gasteiger partial charge in [-0.2, -0.15) is 0 Å². The first-order valence-electron chi connectivity index (χ1n) is 8.90. The van der Waals surface area contributed by atoms with Crippen molar-refractivity contribution in [2.24, 2.45) is 11.7 Å². The van der Waals surface area contributed by atoms with Crippen LogP contribution < -0.4 is 11.1 Å². The summed E-state index contributed by atoms with van der Waals surface area (Å²) < 4.78 is 0. The Morgan fingerprint density at radius 1 is 1.33 bits per heavy atom. The van der Waals surface area contributed by atoms with Crippen molar-refractivity contribution in [1.82, 2.24) is 20.2 Å². The average molecular weight is 423 g/mol. The molecule has 13 heteroatoms. The van der Waals surface area contributed by atoms with E-state index in [1.54, 1.807) is 0 Å². The Labute approximate surface area is 169 Å². The summed E-state index contributed by atoms with van der Waals surface area (Å²) in [6.45, 7) is 1.32. The van der Waals surface area contributed by atoms with Crippen LogP contribution in [-0.4, -0.2) is 78.6 Å². The second-order valence-corrected chi connectivity index (χ2v) is 6.84. The lowest BCUT2D eigenvalue weighted by Gasteiger charge is -2.23. The van der Waals surface area contributed by atoms with Crippen molar-refractivity contribution in [2.45, 2.75) is 44.3 Å². The predicted octanol–water partition coefficient (Wildman–Crippen LogP) is -2.34. The monoisotopic (exact) mass is 423 g/mol. The lowest BCUT2D eigenvalue weighted by Crippen LogP contribution is -2.51. The molecular formula is C17H21N5O8. The fourth-order valence-electron chi connectivity index (χ4n) is 3.04. The van der Waals surface area contributed by atoms with Gasteiger partial charge in [0.1, 0.15) is 12.0 Å². The van der Waals surface area contributed by atoms with Gasteiger partial charge in [0.05, 0.1) is 24.8 Å². The Kier molecular flexibility index (Phi) is 7.00. The molecule has 2 rings (SSSR count). The quantitative estimate of drug-likeness (QED) is 0.200. The summed E-state index contributed by atoms with van der Waals surface area (Å²) in [5.41, 5.74) is 5.76. The molecule has 0 aromatic carbocycles. The van der Waals surface area contributed by atoms with Crippen molar-refractivity contribution in [1.29, 1.82) is 0 Å². The average Bonchev–Trinajstić information content (AvgIpc) is 3.26. The second-order valence-electron chi connectivity index (χ2n) is 6.84. The number of carboxylic acids is 2. The molecule has 0 bridgehead atoms. The molecule has 1 aliphatic rings. The van der Waals surface area contributed by atoms with Crippen LogP contribution in [0.4, 0.5) is 0 Å². The van der Waals surface area contributed by atoms with Crippen LogP contribution in [0.25, 0.3) is 0 Å². The number of imide groups is 1. The largest absolute Gasteiger partial charge is 0.481 e. The summed E-state index contributed by atoms with van der Waals surface area (Å²) in [6, 6.07) is -4.23. The van der Waals surface area contributed by atoms with Gasteiger partial charge in [0.25, 0.3) is 0 Å². The van der Waals surface area contributed by atoms with Gasteiger partial charge in [-0.05, 0) is 6.92 Å². The number of hydrogen-bond acceptors (Lipinski definition) is 8. The van der Waals surface area contributed by atoms with Gasteiger partial charge in [-0.25, -0.2) is 9.78 Å². The second kappa shape index (κ2) is 9.26. The Bertz CT molecular complexity index is 866. The molecule has 0 aliphatic carbocycles. The van der Waals surface area contributed by atoms with Gasteiger partial charge >= 0.3 is 11.9 Å². The topological polar surface area (TPSA) is 213 Å². The molecule has 0 spiro atoms. The van der Waals surface area contributed by atoms with Gasteiger partial charge in [0.15, 0.2) is 5.78 Å². The molecular weight excluding hydrogens is 402 g/mol. The minimum atomic E-state index is -1.61. The zero-order valence-electron chi connectivity index (χ0n) is 15.9. The number of nitrogens with zero attached hydrogens (tertiary/aromatic N) is 2. The van der Waals surface area contributed by atoms with E-state index in [4.69, 9.17) is 10.8 Å². The third kappa shape index (κ3) is 5.05. The van der Waals surface area contributed by atoms with E-state index in [1.165, 1.54) is 19.4 Å². The number of aliphatic carboxylic acids is 2. The number of Topliss-reactive ketones (excluding diaryl/α,β-unsaturated/α-hetero) is 1. The Morgan fingerprint density at radius 2 is 2.00 bits per heavy atom. The van der Waals surface area contributed by atoms with Crippen LogP contribution in [0.2, 0.25) is 0 Å². The molecule has 13 nitrogen and oxygen atoms in total. The minimum Gasteiger partial charge on any atom is -0.481 e. The normalized spacial score (nSPS) is 19.3. The summed E-state index contributed by atoms with van der Waals surface area (Å²) in [5.74, 6) is -8.27. The van der Waals surface area contributed by atoms with Crippen LogP contribution >= 0.6 is 0 Å². The van der Waals surface area contributed by atoms with Crippen LogP contribution in [-0.2, 0) is 35.2 Å². The maximum atomic E-state index is 12.8. The fraction of sp³-hybridized carbons (Fsp3) is 0.471. The maximum absolute atomic E-state index is 12.8. The first-order valence-corrected chi connectivity index (χ1v) is 8.90.